The molecule has 0 amide bonds. The number of hydrogen-bond acceptors (Lipinski definition) is 1. The van der Waals surface area contributed by atoms with Crippen molar-refractivity contribution in [1.82, 2.24) is 9.47 Å². The molecule has 19 heavy (non-hydrogen) atoms. The quantitative estimate of drug-likeness (QED) is 0.819. The van der Waals surface area contributed by atoms with Gasteiger partial charge in [-0.15, -0.1) is 0 Å². The highest BCUT2D eigenvalue weighted by atomic mass is 79.9. The predicted molar refractivity (Wildman–Crippen MR) is 84.5 cm³/mol. The van der Waals surface area contributed by atoms with E-state index < -0.39 is 0 Å². The van der Waals surface area contributed by atoms with E-state index in [4.69, 9.17) is 0 Å². The first kappa shape index (κ1) is 13.2. The van der Waals surface area contributed by atoms with Gasteiger partial charge in [0.2, 0.25) is 0 Å². The van der Waals surface area contributed by atoms with E-state index >= 15 is 0 Å². The third-order valence-electron chi connectivity index (χ3n) is 4.39. The van der Waals surface area contributed by atoms with Gasteiger partial charge in [-0.2, -0.15) is 0 Å². The molecule has 3 heteroatoms. The van der Waals surface area contributed by atoms with Gasteiger partial charge in [-0.3, -0.25) is 0 Å². The SMILES string of the molecule is CN1CCCCC1CCn1ccc2c(Br)cccc21. The molecule has 1 saturated heterocycles. The van der Waals surface area contributed by atoms with Gasteiger partial charge in [0, 0.05) is 34.2 Å². The lowest BCUT2D eigenvalue weighted by Gasteiger charge is -2.32. The number of hydrogen-bond donors (Lipinski definition) is 0. The molecule has 3 rings (SSSR count). The lowest BCUT2D eigenvalue weighted by molar-refractivity contribution is 0.171. The zero-order valence-corrected chi connectivity index (χ0v) is 13.1. The number of halogens is 1. The Bertz CT molecular complexity index is 561. The number of likely N-dealkylation sites (tertiary alicyclic amines) is 1. The number of aromatic nitrogens is 1. The van der Waals surface area contributed by atoms with E-state index in [0.29, 0.717) is 0 Å². The summed E-state index contributed by atoms with van der Waals surface area (Å²) in [5.74, 6) is 0. The van der Waals surface area contributed by atoms with Crippen molar-refractivity contribution in [2.45, 2.75) is 38.3 Å². The van der Waals surface area contributed by atoms with Crippen LogP contribution in [-0.4, -0.2) is 29.1 Å². The van der Waals surface area contributed by atoms with Gasteiger partial charge in [0.15, 0.2) is 0 Å². The Morgan fingerprint density at radius 2 is 2.16 bits per heavy atom. The molecule has 102 valence electrons. The van der Waals surface area contributed by atoms with Gasteiger partial charge < -0.3 is 9.47 Å². The Morgan fingerprint density at radius 3 is 3.00 bits per heavy atom. The summed E-state index contributed by atoms with van der Waals surface area (Å²) in [6.07, 6.45) is 7.60. The van der Waals surface area contributed by atoms with Crippen LogP contribution in [0, 0.1) is 0 Å². The van der Waals surface area contributed by atoms with Gasteiger partial charge in [-0.05, 0) is 51.1 Å². The Balaban J connectivity index is 1.73. The number of benzene rings is 1. The Morgan fingerprint density at radius 1 is 1.26 bits per heavy atom. The highest BCUT2D eigenvalue weighted by molar-refractivity contribution is 9.10. The molecule has 1 aromatic carbocycles. The van der Waals surface area contributed by atoms with Crippen LogP contribution in [0.2, 0.25) is 0 Å². The molecule has 1 unspecified atom stereocenters. The van der Waals surface area contributed by atoms with Crippen LogP contribution >= 0.6 is 15.9 Å². The van der Waals surface area contributed by atoms with E-state index in [0.717, 1.165) is 12.6 Å². The lowest BCUT2D eigenvalue weighted by atomic mass is 10.0. The van der Waals surface area contributed by atoms with Crippen LogP contribution in [0.25, 0.3) is 10.9 Å². The molecule has 2 aromatic rings. The fourth-order valence-electron chi connectivity index (χ4n) is 3.18. The monoisotopic (exact) mass is 320 g/mol. The van der Waals surface area contributed by atoms with Crippen LogP contribution in [0.5, 0.6) is 0 Å². The highest BCUT2D eigenvalue weighted by Gasteiger charge is 2.18. The standard InChI is InChI=1S/C16H21BrN2/c1-18-10-3-2-5-13(18)8-11-19-12-9-14-15(17)6-4-7-16(14)19/h4,6-7,9,12-13H,2-3,5,8,10-11H2,1H3. The Labute approximate surface area is 123 Å². The molecule has 1 atom stereocenters. The lowest BCUT2D eigenvalue weighted by Crippen LogP contribution is -2.36. The van der Waals surface area contributed by atoms with E-state index in [9.17, 15) is 0 Å². The highest BCUT2D eigenvalue weighted by Crippen LogP contribution is 2.26. The van der Waals surface area contributed by atoms with E-state index in [2.05, 4.69) is 62.9 Å². The summed E-state index contributed by atoms with van der Waals surface area (Å²) >= 11 is 3.63. The second-order valence-corrected chi connectivity index (χ2v) is 6.45. The molecule has 1 aliphatic heterocycles. The van der Waals surface area contributed by atoms with E-state index in [1.165, 1.54) is 47.6 Å². The van der Waals surface area contributed by atoms with Crippen LogP contribution in [0.1, 0.15) is 25.7 Å². The molecule has 2 nitrogen and oxygen atoms in total. The van der Waals surface area contributed by atoms with Gasteiger partial charge in [-0.1, -0.05) is 28.4 Å². The molecule has 0 spiro atoms. The molecule has 0 saturated carbocycles. The van der Waals surface area contributed by atoms with Crippen molar-refractivity contribution in [1.29, 1.82) is 0 Å². The fraction of sp³-hybridized carbons (Fsp3) is 0.500. The van der Waals surface area contributed by atoms with Gasteiger partial charge >= 0.3 is 0 Å². The molecular formula is C16H21BrN2. The van der Waals surface area contributed by atoms with Crippen molar-refractivity contribution in [2.75, 3.05) is 13.6 Å². The van der Waals surface area contributed by atoms with Crippen LogP contribution in [0.4, 0.5) is 0 Å². The predicted octanol–water partition coefficient (Wildman–Crippen LogP) is 4.28. The summed E-state index contributed by atoms with van der Waals surface area (Å²) in [5.41, 5.74) is 1.34. The molecule has 2 heterocycles. The molecule has 0 N–H and O–H groups in total. The molecule has 0 radical (unpaired) electrons. The molecule has 0 aliphatic carbocycles. The van der Waals surface area contributed by atoms with Gasteiger partial charge in [-0.25, -0.2) is 0 Å². The van der Waals surface area contributed by atoms with Gasteiger partial charge in [0.05, 0.1) is 0 Å². The summed E-state index contributed by atoms with van der Waals surface area (Å²) < 4.78 is 3.58. The first-order valence-corrected chi connectivity index (χ1v) is 7.98. The normalized spacial score (nSPS) is 21.1. The molecule has 1 aromatic heterocycles. The Hall–Kier alpha value is -0.800. The molecule has 1 fully saturated rings. The third kappa shape index (κ3) is 2.72. The largest absolute Gasteiger partial charge is 0.347 e. The van der Waals surface area contributed by atoms with Gasteiger partial charge in [0.25, 0.3) is 0 Å². The smallest absolute Gasteiger partial charge is 0.0491 e. The topological polar surface area (TPSA) is 8.17 Å². The number of nitrogens with zero attached hydrogens (tertiary/aromatic N) is 2. The Kier molecular flexibility index (Phi) is 3.94. The van der Waals surface area contributed by atoms with Crippen molar-refractivity contribution in [3.05, 3.63) is 34.9 Å². The minimum absolute atomic E-state index is 0.762. The number of rotatable bonds is 3. The van der Waals surface area contributed by atoms with Crippen LogP contribution in [0.15, 0.2) is 34.9 Å². The zero-order valence-electron chi connectivity index (χ0n) is 11.5. The summed E-state index contributed by atoms with van der Waals surface area (Å²) in [6, 6.07) is 9.42. The van der Waals surface area contributed by atoms with Gasteiger partial charge in [0.1, 0.15) is 0 Å². The average molecular weight is 321 g/mol. The first-order chi connectivity index (χ1) is 9.25. The summed E-state index contributed by atoms with van der Waals surface area (Å²) in [7, 11) is 2.27. The van der Waals surface area contributed by atoms with Crippen LogP contribution in [-0.2, 0) is 6.54 Å². The number of aryl methyl sites for hydroxylation is 1. The third-order valence-corrected chi connectivity index (χ3v) is 5.08. The van der Waals surface area contributed by atoms with Crippen molar-refractivity contribution in [3.63, 3.8) is 0 Å². The number of fused-ring (bicyclic) bond motifs is 1. The second-order valence-electron chi connectivity index (χ2n) is 5.60. The van der Waals surface area contributed by atoms with E-state index in [1.807, 2.05) is 0 Å². The van der Waals surface area contributed by atoms with Crippen molar-refractivity contribution in [2.24, 2.45) is 0 Å². The van der Waals surface area contributed by atoms with E-state index in [-0.39, 0.29) is 0 Å². The maximum atomic E-state index is 3.63. The van der Waals surface area contributed by atoms with E-state index in [1.54, 1.807) is 0 Å². The van der Waals surface area contributed by atoms with Crippen LogP contribution < -0.4 is 0 Å². The fourth-order valence-corrected chi connectivity index (χ4v) is 3.67. The van der Waals surface area contributed by atoms with Crippen LogP contribution in [0.3, 0.4) is 0 Å². The van der Waals surface area contributed by atoms with Crippen molar-refractivity contribution >= 4 is 26.8 Å². The molecular weight excluding hydrogens is 300 g/mol. The average Bonchev–Trinajstić information content (AvgIpc) is 2.83. The van der Waals surface area contributed by atoms with Crippen molar-refractivity contribution in [3.8, 4) is 0 Å². The summed E-state index contributed by atoms with van der Waals surface area (Å²) in [4.78, 5) is 2.53. The number of piperidine rings is 1. The first-order valence-electron chi connectivity index (χ1n) is 7.19. The minimum atomic E-state index is 0.762. The maximum absolute atomic E-state index is 3.63. The maximum Gasteiger partial charge on any atom is 0.0491 e. The summed E-state index contributed by atoms with van der Waals surface area (Å²) in [5, 5.41) is 1.32. The minimum Gasteiger partial charge on any atom is -0.347 e. The van der Waals surface area contributed by atoms with Crippen molar-refractivity contribution < 1.29 is 0 Å². The molecule has 0 bridgehead atoms. The molecule has 1 aliphatic rings. The zero-order chi connectivity index (χ0) is 13.2. The second kappa shape index (κ2) is 5.68. The summed E-state index contributed by atoms with van der Waals surface area (Å²) in [6.45, 7) is 2.39.